The van der Waals surface area contributed by atoms with Crippen molar-refractivity contribution >= 4 is 17.9 Å². The number of aliphatic hydroxyl groups is 1. The summed E-state index contributed by atoms with van der Waals surface area (Å²) in [7, 11) is 0. The molecule has 0 aliphatic carbocycles. The van der Waals surface area contributed by atoms with Crippen molar-refractivity contribution in [1.82, 2.24) is 10.8 Å². The summed E-state index contributed by atoms with van der Waals surface area (Å²) < 4.78 is 11.0. The summed E-state index contributed by atoms with van der Waals surface area (Å²) in [6.07, 6.45) is 0.664. The third-order valence-electron chi connectivity index (χ3n) is 4.45. The van der Waals surface area contributed by atoms with Gasteiger partial charge in [-0.2, -0.15) is 0 Å². The molecule has 0 heterocycles. The lowest BCUT2D eigenvalue weighted by molar-refractivity contribution is -0.124. The van der Waals surface area contributed by atoms with Gasteiger partial charge in [-0.25, -0.2) is 10.3 Å². The Bertz CT molecular complexity index is 958. The van der Waals surface area contributed by atoms with E-state index in [9.17, 15) is 14.4 Å². The van der Waals surface area contributed by atoms with E-state index in [4.69, 9.17) is 19.8 Å². The zero-order valence-electron chi connectivity index (χ0n) is 17.8. The van der Waals surface area contributed by atoms with Gasteiger partial charge in [0.15, 0.2) is 0 Å². The van der Waals surface area contributed by atoms with E-state index < -0.39 is 29.4 Å². The Morgan fingerprint density at radius 1 is 1.09 bits per heavy atom. The molecule has 0 bridgehead atoms. The Balaban J connectivity index is 2.29. The van der Waals surface area contributed by atoms with Crippen LogP contribution in [0.15, 0.2) is 66.7 Å². The molecule has 0 spiro atoms. The number of alkyl carbamates (subject to hydrolysis) is 1. The molecular weight excluding hydrogens is 416 g/mol. The van der Waals surface area contributed by atoms with Gasteiger partial charge < -0.3 is 14.6 Å². The first-order valence-corrected chi connectivity index (χ1v) is 9.80. The van der Waals surface area contributed by atoms with Crippen molar-refractivity contribution in [1.29, 1.82) is 0 Å². The van der Waals surface area contributed by atoms with Gasteiger partial charge in [0.2, 0.25) is 0 Å². The molecular formula is C23H26N2O7. The molecule has 0 aliphatic heterocycles. The molecule has 3 amide bonds. The monoisotopic (exact) mass is 442 g/mol. The van der Waals surface area contributed by atoms with E-state index in [-0.39, 0.29) is 13.2 Å². The second-order valence-corrected chi connectivity index (χ2v) is 7.38. The summed E-state index contributed by atoms with van der Waals surface area (Å²) in [5, 5.41) is 19.9. The first-order valence-electron chi connectivity index (χ1n) is 9.80. The zero-order valence-corrected chi connectivity index (χ0v) is 17.8. The molecule has 0 saturated heterocycles. The molecule has 2 rings (SSSR count). The first-order chi connectivity index (χ1) is 15.3. The molecule has 9 heteroatoms. The Hall–Kier alpha value is -3.69. The molecule has 9 nitrogen and oxygen atoms in total. The van der Waals surface area contributed by atoms with Gasteiger partial charge in [0.05, 0.1) is 6.61 Å². The average Bonchev–Trinajstić information content (AvgIpc) is 2.80. The van der Waals surface area contributed by atoms with Gasteiger partial charge >= 0.3 is 6.09 Å². The van der Waals surface area contributed by atoms with Crippen molar-refractivity contribution < 1.29 is 34.2 Å². The number of benzene rings is 2. The van der Waals surface area contributed by atoms with E-state index in [1.165, 1.54) is 11.6 Å². The van der Waals surface area contributed by atoms with E-state index in [0.717, 1.165) is 6.08 Å². The van der Waals surface area contributed by atoms with Crippen molar-refractivity contribution in [2.75, 3.05) is 13.2 Å². The summed E-state index contributed by atoms with van der Waals surface area (Å²) in [4.78, 5) is 36.3. The van der Waals surface area contributed by atoms with Crippen molar-refractivity contribution in [3.05, 3.63) is 77.9 Å². The van der Waals surface area contributed by atoms with Gasteiger partial charge in [0, 0.05) is 17.1 Å². The summed E-state index contributed by atoms with van der Waals surface area (Å²) in [6.45, 7) is 3.35. The van der Waals surface area contributed by atoms with Crippen LogP contribution in [-0.4, -0.2) is 41.4 Å². The van der Waals surface area contributed by atoms with Gasteiger partial charge in [0.1, 0.15) is 18.5 Å². The first kappa shape index (κ1) is 24.6. The molecule has 0 radical (unpaired) electrons. The number of imide groups is 1. The van der Waals surface area contributed by atoms with Crippen LogP contribution in [-0.2, 0) is 9.53 Å². The van der Waals surface area contributed by atoms with E-state index in [1.807, 2.05) is 0 Å². The molecule has 170 valence electrons. The maximum Gasteiger partial charge on any atom is 0.414 e. The van der Waals surface area contributed by atoms with Crippen LogP contribution >= 0.6 is 0 Å². The fraction of sp³-hybridized carbons (Fsp3) is 0.261. The van der Waals surface area contributed by atoms with Gasteiger partial charge in [-0.15, -0.1) is 0 Å². The lowest BCUT2D eigenvalue weighted by Gasteiger charge is -2.31. The third kappa shape index (κ3) is 7.22. The van der Waals surface area contributed by atoms with Crippen LogP contribution in [0.25, 0.3) is 0 Å². The minimum absolute atomic E-state index is 0.0843. The predicted octanol–water partition coefficient (Wildman–Crippen LogP) is 2.75. The summed E-state index contributed by atoms with van der Waals surface area (Å²) in [6, 6.07) is 14.9. The topological polar surface area (TPSA) is 134 Å². The minimum atomic E-state index is -0.974. The molecule has 0 aromatic heterocycles. The average molecular weight is 442 g/mol. The molecule has 2 aromatic carbocycles. The van der Waals surface area contributed by atoms with E-state index in [1.54, 1.807) is 68.4 Å². The lowest BCUT2D eigenvalue weighted by atomic mass is 9.82. The van der Waals surface area contributed by atoms with Crippen LogP contribution < -0.4 is 15.5 Å². The Labute approximate surface area is 185 Å². The second-order valence-electron chi connectivity index (χ2n) is 7.38. The van der Waals surface area contributed by atoms with Gasteiger partial charge in [-0.1, -0.05) is 50.3 Å². The number of carbonyl (C=O) groups excluding carboxylic acids is 3. The van der Waals surface area contributed by atoms with E-state index in [2.05, 4.69) is 5.32 Å². The zero-order chi connectivity index (χ0) is 23.6. The number of hydroxylamine groups is 1. The number of aliphatic hydroxyl groups excluding tert-OH is 1. The summed E-state index contributed by atoms with van der Waals surface area (Å²) >= 11 is 0. The van der Waals surface area contributed by atoms with Crippen LogP contribution in [0.1, 0.15) is 35.9 Å². The molecule has 0 unspecified atom stereocenters. The fourth-order valence-corrected chi connectivity index (χ4v) is 2.89. The van der Waals surface area contributed by atoms with Crippen LogP contribution in [0.2, 0.25) is 0 Å². The Morgan fingerprint density at radius 3 is 2.47 bits per heavy atom. The summed E-state index contributed by atoms with van der Waals surface area (Å²) in [5.41, 5.74) is 1.38. The van der Waals surface area contributed by atoms with E-state index >= 15 is 0 Å². The van der Waals surface area contributed by atoms with E-state index in [0.29, 0.717) is 16.9 Å². The molecule has 32 heavy (non-hydrogen) atoms. The highest BCUT2D eigenvalue weighted by Crippen LogP contribution is 2.39. The van der Waals surface area contributed by atoms with Gasteiger partial charge in [-0.3, -0.25) is 20.1 Å². The van der Waals surface area contributed by atoms with Gasteiger partial charge in [-0.05, 0) is 29.8 Å². The molecule has 0 aliphatic rings. The molecule has 1 atom stereocenters. The highest BCUT2D eigenvalue weighted by Gasteiger charge is 2.33. The highest BCUT2D eigenvalue weighted by atomic mass is 16.6. The minimum Gasteiger partial charge on any atom is -0.491 e. The number of hydrogen-bond donors (Lipinski definition) is 4. The number of ether oxygens (including phenoxy) is 2. The SMILES string of the molecule is CC(C)(/C=C/C(=O)NO)[C@@H](OC(=O)NC(=O)c1ccccc1)c1cccc(OCCO)c1. The standard InChI is InChI=1S/C23H26N2O7/c1-23(2,12-11-19(27)25-30)20(17-9-6-10-18(15-17)31-14-13-26)32-22(29)24-21(28)16-7-4-3-5-8-16/h3-12,15,20,26,30H,13-14H2,1-2H3,(H,25,27)(H,24,28,29)/b12-11+/t20-/m0/s1. The number of amides is 3. The number of rotatable bonds is 9. The van der Waals surface area contributed by atoms with Crippen LogP contribution in [0.3, 0.4) is 0 Å². The molecule has 2 aromatic rings. The molecule has 0 saturated carbocycles. The third-order valence-corrected chi connectivity index (χ3v) is 4.45. The second kappa shape index (κ2) is 11.6. The Kier molecular flexibility index (Phi) is 8.94. The quantitative estimate of drug-likeness (QED) is 0.266. The number of carbonyl (C=O) groups is 3. The lowest BCUT2D eigenvalue weighted by Crippen LogP contribution is -2.35. The maximum absolute atomic E-state index is 12.5. The molecule has 4 N–H and O–H groups in total. The van der Waals surface area contributed by atoms with Crippen molar-refractivity contribution in [2.45, 2.75) is 20.0 Å². The van der Waals surface area contributed by atoms with Crippen LogP contribution in [0, 0.1) is 5.41 Å². The largest absolute Gasteiger partial charge is 0.491 e. The van der Waals surface area contributed by atoms with Crippen molar-refractivity contribution in [3.63, 3.8) is 0 Å². The normalized spacial score (nSPS) is 12.1. The fourth-order valence-electron chi connectivity index (χ4n) is 2.89. The predicted molar refractivity (Wildman–Crippen MR) is 115 cm³/mol. The van der Waals surface area contributed by atoms with Crippen LogP contribution in [0.5, 0.6) is 5.75 Å². The number of hydrogen-bond acceptors (Lipinski definition) is 7. The van der Waals surface area contributed by atoms with Crippen LogP contribution in [0.4, 0.5) is 4.79 Å². The smallest absolute Gasteiger partial charge is 0.414 e. The highest BCUT2D eigenvalue weighted by molar-refractivity contribution is 6.02. The van der Waals surface area contributed by atoms with Gasteiger partial charge in [0.25, 0.3) is 11.8 Å². The van der Waals surface area contributed by atoms with Crippen molar-refractivity contribution in [2.24, 2.45) is 5.41 Å². The maximum atomic E-state index is 12.5. The Morgan fingerprint density at radius 2 is 1.81 bits per heavy atom. The summed E-state index contributed by atoms with van der Waals surface area (Å²) in [5.74, 6) is -0.929. The van der Waals surface area contributed by atoms with Crippen molar-refractivity contribution in [3.8, 4) is 5.75 Å². The molecule has 0 fully saturated rings. The number of nitrogens with one attached hydrogen (secondary N) is 2.